The lowest BCUT2D eigenvalue weighted by molar-refractivity contribution is -0.119. The number of carbonyl (C=O) groups excluding carboxylic acids is 1. The maximum absolute atomic E-state index is 12.3. The third kappa shape index (κ3) is 6.27. The monoisotopic (exact) mass is 404 g/mol. The standard InChI is InChI=1S/C21H28N2O4S/c1-15-6-7-20(18(4)11-15)23(28(5,25)26)14-21(24)22-8-9-27-19-12-16(2)10-17(3)13-19/h6-7,10-13H,8-9,14H2,1-5H3,(H,22,24). The van der Waals surface area contributed by atoms with Gasteiger partial charge in [-0.2, -0.15) is 0 Å². The molecule has 0 heterocycles. The van der Waals surface area contributed by atoms with Crippen LogP contribution in [0.3, 0.4) is 0 Å². The molecule has 7 heteroatoms. The zero-order valence-electron chi connectivity index (χ0n) is 17.1. The van der Waals surface area contributed by atoms with E-state index < -0.39 is 10.0 Å². The SMILES string of the molecule is Cc1cc(C)cc(OCCNC(=O)CN(c2ccc(C)cc2C)S(C)(=O)=O)c1. The number of amides is 1. The van der Waals surface area contributed by atoms with Crippen LogP contribution in [0.15, 0.2) is 36.4 Å². The van der Waals surface area contributed by atoms with Gasteiger partial charge in [-0.25, -0.2) is 8.42 Å². The van der Waals surface area contributed by atoms with Gasteiger partial charge >= 0.3 is 0 Å². The minimum atomic E-state index is -3.59. The molecule has 2 rings (SSSR count). The van der Waals surface area contributed by atoms with E-state index in [0.717, 1.165) is 38.6 Å². The van der Waals surface area contributed by atoms with Crippen LogP contribution < -0.4 is 14.4 Å². The second-order valence-corrected chi connectivity index (χ2v) is 8.99. The van der Waals surface area contributed by atoms with E-state index in [4.69, 9.17) is 4.74 Å². The summed E-state index contributed by atoms with van der Waals surface area (Å²) >= 11 is 0. The lowest BCUT2D eigenvalue weighted by Crippen LogP contribution is -2.41. The van der Waals surface area contributed by atoms with Crippen molar-refractivity contribution >= 4 is 21.6 Å². The van der Waals surface area contributed by atoms with Crippen LogP contribution in [0.5, 0.6) is 5.75 Å². The first-order valence-electron chi connectivity index (χ1n) is 9.09. The van der Waals surface area contributed by atoms with E-state index in [9.17, 15) is 13.2 Å². The Bertz CT molecular complexity index is 935. The molecule has 0 saturated heterocycles. The summed E-state index contributed by atoms with van der Waals surface area (Å²) in [5, 5.41) is 2.72. The number of sulfonamides is 1. The summed E-state index contributed by atoms with van der Waals surface area (Å²) in [5.41, 5.74) is 4.56. The fraction of sp³-hybridized carbons (Fsp3) is 0.381. The van der Waals surface area contributed by atoms with E-state index in [2.05, 4.69) is 11.4 Å². The average Bonchev–Trinajstić information content (AvgIpc) is 2.55. The second kappa shape index (κ2) is 9.10. The molecule has 28 heavy (non-hydrogen) atoms. The normalized spacial score (nSPS) is 11.2. The van der Waals surface area contributed by atoms with E-state index in [1.807, 2.05) is 52.0 Å². The Morgan fingerprint density at radius 1 is 1.00 bits per heavy atom. The third-order valence-electron chi connectivity index (χ3n) is 4.20. The summed E-state index contributed by atoms with van der Waals surface area (Å²) in [5.74, 6) is 0.370. The first-order valence-corrected chi connectivity index (χ1v) is 10.9. The maximum atomic E-state index is 12.3. The van der Waals surface area contributed by atoms with E-state index in [1.54, 1.807) is 6.07 Å². The zero-order chi connectivity index (χ0) is 20.9. The van der Waals surface area contributed by atoms with Crippen molar-refractivity contribution in [3.8, 4) is 5.75 Å². The van der Waals surface area contributed by atoms with Gasteiger partial charge in [0.1, 0.15) is 18.9 Å². The van der Waals surface area contributed by atoms with Crippen molar-refractivity contribution in [2.45, 2.75) is 27.7 Å². The van der Waals surface area contributed by atoms with Crippen molar-refractivity contribution in [3.63, 3.8) is 0 Å². The minimum absolute atomic E-state index is 0.272. The topological polar surface area (TPSA) is 75.7 Å². The summed E-state index contributed by atoms with van der Waals surface area (Å²) in [7, 11) is -3.59. The summed E-state index contributed by atoms with van der Waals surface area (Å²) in [6.45, 7) is 8.07. The van der Waals surface area contributed by atoms with Gasteiger partial charge in [-0.05, 0) is 62.6 Å². The Morgan fingerprint density at radius 2 is 1.64 bits per heavy atom. The number of carbonyl (C=O) groups is 1. The number of ether oxygens (including phenoxy) is 1. The first kappa shape index (κ1) is 21.8. The summed E-state index contributed by atoms with van der Waals surface area (Å²) < 4.78 is 31.2. The molecule has 0 aliphatic carbocycles. The second-order valence-electron chi connectivity index (χ2n) is 7.08. The molecule has 0 aliphatic heterocycles. The van der Waals surface area contributed by atoms with Gasteiger partial charge in [0.15, 0.2) is 0 Å². The molecular weight excluding hydrogens is 376 g/mol. The molecule has 0 atom stereocenters. The molecule has 0 unspecified atom stereocenters. The lowest BCUT2D eigenvalue weighted by atomic mass is 10.1. The molecule has 0 bridgehead atoms. The number of hydrogen-bond acceptors (Lipinski definition) is 4. The van der Waals surface area contributed by atoms with Gasteiger partial charge in [-0.1, -0.05) is 23.8 Å². The van der Waals surface area contributed by atoms with Crippen molar-refractivity contribution in [1.82, 2.24) is 5.32 Å². The number of aryl methyl sites for hydroxylation is 4. The molecule has 1 amide bonds. The smallest absolute Gasteiger partial charge is 0.240 e. The molecule has 1 N–H and O–H groups in total. The van der Waals surface area contributed by atoms with Crippen LogP contribution in [-0.2, 0) is 14.8 Å². The van der Waals surface area contributed by atoms with E-state index in [-0.39, 0.29) is 19.0 Å². The molecule has 0 spiro atoms. The zero-order valence-corrected chi connectivity index (χ0v) is 17.9. The minimum Gasteiger partial charge on any atom is -0.492 e. The number of nitrogens with one attached hydrogen (secondary N) is 1. The Hall–Kier alpha value is -2.54. The van der Waals surface area contributed by atoms with Gasteiger partial charge in [0.05, 0.1) is 18.5 Å². The van der Waals surface area contributed by atoms with Gasteiger partial charge in [0.2, 0.25) is 15.9 Å². The van der Waals surface area contributed by atoms with Crippen LogP contribution in [0.2, 0.25) is 0 Å². The van der Waals surface area contributed by atoms with Gasteiger partial charge in [0, 0.05) is 0 Å². The quantitative estimate of drug-likeness (QED) is 0.687. The van der Waals surface area contributed by atoms with Crippen LogP contribution in [0.25, 0.3) is 0 Å². The van der Waals surface area contributed by atoms with Crippen molar-refractivity contribution in [3.05, 3.63) is 58.7 Å². The highest BCUT2D eigenvalue weighted by atomic mass is 32.2. The Labute approximate surface area is 167 Å². The van der Waals surface area contributed by atoms with Crippen LogP contribution in [0.1, 0.15) is 22.3 Å². The fourth-order valence-electron chi connectivity index (χ4n) is 3.03. The Morgan fingerprint density at radius 3 is 2.21 bits per heavy atom. The van der Waals surface area contributed by atoms with E-state index in [1.165, 1.54) is 0 Å². The van der Waals surface area contributed by atoms with Gasteiger partial charge in [-0.3, -0.25) is 9.10 Å². The molecule has 6 nitrogen and oxygen atoms in total. The number of nitrogens with zero attached hydrogens (tertiary/aromatic N) is 1. The summed E-state index contributed by atoms with van der Waals surface area (Å²) in [4.78, 5) is 12.3. The fourth-order valence-corrected chi connectivity index (χ4v) is 3.94. The van der Waals surface area contributed by atoms with Crippen LogP contribution in [0, 0.1) is 27.7 Å². The number of benzene rings is 2. The molecule has 0 radical (unpaired) electrons. The Kier molecular flexibility index (Phi) is 7.07. The van der Waals surface area contributed by atoms with E-state index >= 15 is 0 Å². The van der Waals surface area contributed by atoms with Crippen LogP contribution in [-0.4, -0.2) is 40.3 Å². The van der Waals surface area contributed by atoms with Crippen molar-refractivity contribution in [1.29, 1.82) is 0 Å². The largest absolute Gasteiger partial charge is 0.492 e. The number of rotatable bonds is 8. The molecular formula is C21H28N2O4S. The first-order chi connectivity index (χ1) is 13.1. The van der Waals surface area contributed by atoms with Gasteiger partial charge in [0.25, 0.3) is 0 Å². The van der Waals surface area contributed by atoms with Crippen LogP contribution >= 0.6 is 0 Å². The van der Waals surface area contributed by atoms with Crippen molar-refractivity contribution < 1.29 is 17.9 Å². The molecule has 2 aromatic rings. The summed E-state index contributed by atoms with van der Waals surface area (Å²) in [6, 6.07) is 11.4. The number of anilines is 1. The van der Waals surface area contributed by atoms with Gasteiger partial charge in [-0.15, -0.1) is 0 Å². The molecule has 152 valence electrons. The predicted octanol–water partition coefficient (Wildman–Crippen LogP) is 2.88. The Balaban J connectivity index is 1.95. The molecule has 2 aromatic carbocycles. The number of hydrogen-bond donors (Lipinski definition) is 1. The van der Waals surface area contributed by atoms with Crippen molar-refractivity contribution in [2.24, 2.45) is 0 Å². The predicted molar refractivity (Wildman–Crippen MR) is 113 cm³/mol. The van der Waals surface area contributed by atoms with Gasteiger partial charge < -0.3 is 10.1 Å². The van der Waals surface area contributed by atoms with E-state index in [0.29, 0.717) is 12.3 Å². The highest BCUT2D eigenvalue weighted by Crippen LogP contribution is 2.23. The molecule has 0 aliphatic rings. The lowest BCUT2D eigenvalue weighted by Gasteiger charge is -2.24. The highest BCUT2D eigenvalue weighted by molar-refractivity contribution is 7.92. The third-order valence-corrected chi connectivity index (χ3v) is 5.32. The summed E-state index contributed by atoms with van der Waals surface area (Å²) in [6.07, 6.45) is 1.10. The molecule has 0 fully saturated rings. The average molecular weight is 405 g/mol. The van der Waals surface area contributed by atoms with Crippen molar-refractivity contribution in [2.75, 3.05) is 30.3 Å². The highest BCUT2D eigenvalue weighted by Gasteiger charge is 2.22. The molecule has 0 saturated carbocycles. The maximum Gasteiger partial charge on any atom is 0.240 e. The molecule has 0 aromatic heterocycles. The van der Waals surface area contributed by atoms with Crippen LogP contribution in [0.4, 0.5) is 5.69 Å².